The molecule has 2 N–H and O–H groups in total. The van der Waals surface area contributed by atoms with Crippen LogP contribution in [0.15, 0.2) is 39.8 Å². The Morgan fingerprint density at radius 1 is 1.24 bits per heavy atom. The van der Waals surface area contributed by atoms with Crippen LogP contribution in [0.4, 0.5) is 11.5 Å². The predicted molar refractivity (Wildman–Crippen MR) is 107 cm³/mol. The summed E-state index contributed by atoms with van der Waals surface area (Å²) >= 11 is 0. The number of hydrogen-bond acceptors (Lipinski definition) is 6. The Bertz CT molecular complexity index is 998. The Kier molecular flexibility index (Phi) is 6.04. The maximum Gasteiger partial charge on any atom is 0.244 e. The fourth-order valence-corrected chi connectivity index (χ4v) is 4.43. The number of aryl methyl sites for hydroxylation is 1. The third kappa shape index (κ3) is 4.83. The van der Waals surface area contributed by atoms with Gasteiger partial charge in [0.05, 0.1) is 4.90 Å². The van der Waals surface area contributed by atoms with Gasteiger partial charge >= 0.3 is 0 Å². The summed E-state index contributed by atoms with van der Waals surface area (Å²) in [7, 11) is -3.95. The molecule has 1 aliphatic heterocycles. The Morgan fingerprint density at radius 3 is 2.45 bits per heavy atom. The number of nitrogens with zero attached hydrogens (tertiary/aromatic N) is 2. The maximum atomic E-state index is 12.8. The lowest BCUT2D eigenvalue weighted by Crippen LogP contribution is -2.47. The van der Waals surface area contributed by atoms with Crippen LogP contribution in [0, 0.1) is 12.8 Å². The minimum Gasteiger partial charge on any atom is -0.360 e. The van der Waals surface area contributed by atoms with E-state index in [-0.39, 0.29) is 22.5 Å². The summed E-state index contributed by atoms with van der Waals surface area (Å²) in [5, 5.41) is 6.24. The van der Waals surface area contributed by atoms with Crippen LogP contribution in [-0.4, -0.2) is 38.0 Å². The lowest BCUT2D eigenvalue weighted by atomic mass is 10.1. The number of aromatic nitrogens is 1. The van der Waals surface area contributed by atoms with Crippen molar-refractivity contribution in [1.82, 2.24) is 9.88 Å². The molecule has 2 heterocycles. The van der Waals surface area contributed by atoms with Crippen LogP contribution in [-0.2, 0) is 19.6 Å². The summed E-state index contributed by atoms with van der Waals surface area (Å²) in [6.45, 7) is 5.79. The summed E-state index contributed by atoms with van der Waals surface area (Å²) in [5.74, 6) is -0.0654. The highest BCUT2D eigenvalue weighted by atomic mass is 32.2. The molecule has 156 valence electrons. The first kappa shape index (κ1) is 21.0. The first-order valence-electron chi connectivity index (χ1n) is 9.34. The Labute approximate surface area is 169 Å². The van der Waals surface area contributed by atoms with Gasteiger partial charge in [0.25, 0.3) is 0 Å². The molecular weight excluding hydrogens is 396 g/mol. The summed E-state index contributed by atoms with van der Waals surface area (Å²) < 4.78 is 33.0. The molecule has 29 heavy (non-hydrogen) atoms. The zero-order chi connectivity index (χ0) is 21.2. The van der Waals surface area contributed by atoms with E-state index in [1.165, 1.54) is 12.1 Å². The normalized spacial score (nSPS) is 15.7. The second kappa shape index (κ2) is 8.34. The summed E-state index contributed by atoms with van der Waals surface area (Å²) in [5.41, 5.74) is 0.658. The van der Waals surface area contributed by atoms with Gasteiger partial charge in [-0.2, -0.15) is 4.72 Å². The van der Waals surface area contributed by atoms with Gasteiger partial charge in [0.1, 0.15) is 11.8 Å². The van der Waals surface area contributed by atoms with E-state index in [2.05, 4.69) is 15.2 Å². The van der Waals surface area contributed by atoms with Gasteiger partial charge in [-0.05, 0) is 43.5 Å². The number of anilines is 2. The number of nitrogens with one attached hydrogen (secondary N) is 2. The monoisotopic (exact) mass is 420 g/mol. The third-order valence-electron chi connectivity index (χ3n) is 4.64. The van der Waals surface area contributed by atoms with Gasteiger partial charge in [-0.3, -0.25) is 9.59 Å². The zero-order valence-electron chi connectivity index (χ0n) is 16.5. The number of sulfonamides is 1. The standard InChI is InChI=1S/C19H24N4O5S/c1-12(2)18(19(25)20-16-11-13(3)28-21-16)22-29(26,27)15-8-6-14(7-9-15)23-10-4-5-17(23)24/h6-9,11-12,18,22H,4-5,10H2,1-3H3,(H,20,21,25)/t18-/m0/s1. The second-order valence-electron chi connectivity index (χ2n) is 7.30. The first-order valence-corrected chi connectivity index (χ1v) is 10.8. The number of carbonyl (C=O) groups excluding carboxylic acids is 2. The highest BCUT2D eigenvalue weighted by Crippen LogP contribution is 2.23. The fourth-order valence-electron chi connectivity index (χ4n) is 3.08. The summed E-state index contributed by atoms with van der Waals surface area (Å²) in [6.07, 6.45) is 1.29. The minimum atomic E-state index is -3.95. The van der Waals surface area contributed by atoms with Crippen LogP contribution in [0.2, 0.25) is 0 Å². The minimum absolute atomic E-state index is 0.0172. The quantitative estimate of drug-likeness (QED) is 0.707. The molecule has 0 bridgehead atoms. The molecule has 0 spiro atoms. The molecule has 10 heteroatoms. The largest absolute Gasteiger partial charge is 0.360 e. The highest BCUT2D eigenvalue weighted by molar-refractivity contribution is 7.89. The average molecular weight is 420 g/mol. The molecule has 0 radical (unpaired) electrons. The van der Waals surface area contributed by atoms with E-state index in [0.717, 1.165) is 6.42 Å². The molecule has 0 aliphatic carbocycles. The number of carbonyl (C=O) groups is 2. The van der Waals surface area contributed by atoms with Gasteiger partial charge in [0.2, 0.25) is 21.8 Å². The predicted octanol–water partition coefficient (Wildman–Crippen LogP) is 2.05. The van der Waals surface area contributed by atoms with Crippen LogP contribution in [0.5, 0.6) is 0 Å². The molecule has 1 aromatic carbocycles. The lowest BCUT2D eigenvalue weighted by Gasteiger charge is -2.21. The smallest absolute Gasteiger partial charge is 0.244 e. The molecule has 9 nitrogen and oxygen atoms in total. The lowest BCUT2D eigenvalue weighted by molar-refractivity contribution is -0.119. The summed E-state index contributed by atoms with van der Waals surface area (Å²) in [4.78, 5) is 26.1. The Morgan fingerprint density at radius 2 is 1.93 bits per heavy atom. The van der Waals surface area contributed by atoms with E-state index in [0.29, 0.717) is 24.4 Å². The molecule has 3 rings (SSSR count). The van der Waals surface area contributed by atoms with E-state index in [9.17, 15) is 18.0 Å². The number of benzene rings is 1. The molecule has 1 aromatic heterocycles. The fraction of sp³-hybridized carbons (Fsp3) is 0.421. The molecule has 1 fully saturated rings. The van der Waals surface area contributed by atoms with Crippen molar-refractivity contribution < 1.29 is 22.5 Å². The van der Waals surface area contributed by atoms with Gasteiger partial charge in [-0.25, -0.2) is 8.42 Å². The molecule has 1 atom stereocenters. The molecule has 0 unspecified atom stereocenters. The van der Waals surface area contributed by atoms with Gasteiger partial charge in [-0.1, -0.05) is 19.0 Å². The van der Waals surface area contributed by atoms with Crippen molar-refractivity contribution in [2.45, 2.75) is 44.6 Å². The average Bonchev–Trinajstić information content (AvgIpc) is 3.27. The van der Waals surface area contributed by atoms with Crippen LogP contribution in [0.25, 0.3) is 0 Å². The third-order valence-corrected chi connectivity index (χ3v) is 6.10. The first-order chi connectivity index (χ1) is 13.7. The number of hydrogen-bond donors (Lipinski definition) is 2. The van der Waals surface area contributed by atoms with Crippen molar-refractivity contribution in [3.63, 3.8) is 0 Å². The van der Waals surface area contributed by atoms with Crippen LogP contribution < -0.4 is 14.9 Å². The van der Waals surface area contributed by atoms with Crippen molar-refractivity contribution in [1.29, 1.82) is 0 Å². The van der Waals surface area contributed by atoms with Gasteiger partial charge in [0.15, 0.2) is 5.82 Å². The Hall–Kier alpha value is -2.72. The second-order valence-corrected chi connectivity index (χ2v) is 9.01. The van der Waals surface area contributed by atoms with Crippen LogP contribution in [0.1, 0.15) is 32.4 Å². The van der Waals surface area contributed by atoms with Gasteiger partial charge in [-0.15, -0.1) is 0 Å². The molecule has 1 aliphatic rings. The van der Waals surface area contributed by atoms with Crippen molar-refractivity contribution >= 4 is 33.3 Å². The van der Waals surface area contributed by atoms with E-state index < -0.39 is 22.0 Å². The summed E-state index contributed by atoms with van der Waals surface area (Å²) in [6, 6.07) is 6.60. The van der Waals surface area contributed by atoms with Crippen molar-refractivity contribution in [2.75, 3.05) is 16.8 Å². The topological polar surface area (TPSA) is 122 Å². The van der Waals surface area contributed by atoms with Gasteiger partial charge < -0.3 is 14.7 Å². The van der Waals surface area contributed by atoms with Crippen molar-refractivity contribution in [2.24, 2.45) is 5.92 Å². The Balaban J connectivity index is 1.74. The van der Waals surface area contributed by atoms with Crippen LogP contribution >= 0.6 is 0 Å². The van der Waals surface area contributed by atoms with E-state index in [1.807, 2.05) is 0 Å². The van der Waals surface area contributed by atoms with Crippen molar-refractivity contribution in [3.05, 3.63) is 36.1 Å². The van der Waals surface area contributed by atoms with E-state index in [1.54, 1.807) is 43.9 Å². The van der Waals surface area contributed by atoms with E-state index >= 15 is 0 Å². The zero-order valence-corrected chi connectivity index (χ0v) is 17.3. The van der Waals surface area contributed by atoms with Crippen molar-refractivity contribution in [3.8, 4) is 0 Å². The molecule has 2 amide bonds. The SMILES string of the molecule is Cc1cc(NC(=O)[C@@H](NS(=O)(=O)c2ccc(N3CCCC3=O)cc2)C(C)C)no1. The van der Waals surface area contributed by atoms with Crippen LogP contribution in [0.3, 0.4) is 0 Å². The highest BCUT2D eigenvalue weighted by Gasteiger charge is 2.29. The maximum absolute atomic E-state index is 12.8. The molecular formula is C19H24N4O5S. The van der Waals surface area contributed by atoms with E-state index in [4.69, 9.17) is 4.52 Å². The molecule has 2 aromatic rings. The molecule has 0 saturated carbocycles. The molecule has 1 saturated heterocycles. The van der Waals surface area contributed by atoms with Gasteiger partial charge in [0, 0.05) is 24.7 Å². The number of amides is 2. The number of rotatable bonds is 7.